The molecule has 1 saturated heterocycles. The van der Waals surface area contributed by atoms with E-state index in [2.05, 4.69) is 21.9 Å². The van der Waals surface area contributed by atoms with E-state index in [1.165, 1.54) is 30.0 Å². The second-order valence-corrected chi connectivity index (χ2v) is 8.78. The van der Waals surface area contributed by atoms with Crippen molar-refractivity contribution >= 4 is 11.5 Å². The molecule has 1 N–H and O–H groups in total. The lowest BCUT2D eigenvalue weighted by Gasteiger charge is -2.36. The Bertz CT molecular complexity index is 1100. The van der Waals surface area contributed by atoms with Crippen molar-refractivity contribution in [1.82, 2.24) is 4.90 Å². The molecule has 1 aliphatic heterocycles. The molecule has 1 atom stereocenters. The Morgan fingerprint density at radius 3 is 2.31 bits per heavy atom. The molecule has 0 saturated carbocycles. The number of hydrogen-bond acceptors (Lipinski definition) is 5. The number of rotatable bonds is 10. The molecule has 0 aromatic heterocycles. The van der Waals surface area contributed by atoms with Crippen LogP contribution < -0.4 is 9.64 Å². The molecule has 1 unspecified atom stereocenters. The van der Waals surface area contributed by atoms with E-state index in [-0.39, 0.29) is 35.9 Å². The van der Waals surface area contributed by atoms with E-state index in [0.717, 1.165) is 37.8 Å². The lowest BCUT2D eigenvalue weighted by Crippen LogP contribution is -2.49. The number of piperazine rings is 1. The van der Waals surface area contributed by atoms with Crippen LogP contribution in [0, 0.1) is 11.6 Å². The molecule has 0 radical (unpaired) electrons. The van der Waals surface area contributed by atoms with Crippen molar-refractivity contribution in [1.29, 1.82) is 0 Å². The van der Waals surface area contributed by atoms with Crippen LogP contribution in [-0.4, -0.2) is 61.2 Å². The monoisotopic (exact) mass is 480 g/mol. The van der Waals surface area contributed by atoms with E-state index in [9.17, 15) is 18.7 Å². The summed E-state index contributed by atoms with van der Waals surface area (Å²) < 4.78 is 32.7. The first-order valence-corrected chi connectivity index (χ1v) is 11.9. The van der Waals surface area contributed by atoms with Gasteiger partial charge >= 0.3 is 0 Å². The van der Waals surface area contributed by atoms with Gasteiger partial charge in [-0.15, -0.1) is 0 Å². The minimum atomic E-state index is -0.745. The summed E-state index contributed by atoms with van der Waals surface area (Å²) in [6.45, 7) is 3.87. The third kappa shape index (κ3) is 7.10. The number of Topliss-reactive ketones (excluding diaryl/α,β-unsaturated/α-hetero) is 1. The molecule has 3 aromatic rings. The van der Waals surface area contributed by atoms with Gasteiger partial charge in [0.15, 0.2) is 5.78 Å². The second-order valence-electron chi connectivity index (χ2n) is 8.78. The summed E-state index contributed by atoms with van der Waals surface area (Å²) in [6, 6.07) is 20.0. The van der Waals surface area contributed by atoms with Crippen molar-refractivity contribution in [2.75, 3.05) is 44.2 Å². The Hall–Kier alpha value is -3.29. The average Bonchev–Trinajstić information content (AvgIpc) is 2.88. The van der Waals surface area contributed by atoms with E-state index < -0.39 is 11.9 Å². The lowest BCUT2D eigenvalue weighted by molar-refractivity contribution is 0.0655. The van der Waals surface area contributed by atoms with E-state index in [1.807, 2.05) is 18.2 Å². The highest BCUT2D eigenvalue weighted by molar-refractivity contribution is 5.98. The molecule has 1 aliphatic rings. The number of hydrogen-bond donors (Lipinski definition) is 1. The third-order valence-electron chi connectivity index (χ3n) is 6.19. The number of benzene rings is 3. The van der Waals surface area contributed by atoms with Crippen molar-refractivity contribution in [3.8, 4) is 5.75 Å². The third-order valence-corrected chi connectivity index (χ3v) is 6.19. The Balaban J connectivity index is 1.27. The van der Waals surface area contributed by atoms with Crippen LogP contribution in [0.2, 0.25) is 0 Å². The van der Waals surface area contributed by atoms with E-state index in [0.29, 0.717) is 13.0 Å². The predicted octanol–water partition coefficient (Wildman–Crippen LogP) is 4.34. The molecule has 35 heavy (non-hydrogen) atoms. The molecular formula is C28H30F2N2O3. The lowest BCUT2D eigenvalue weighted by atomic mass is 10.0. The number of anilines is 1. The molecule has 4 rings (SSSR count). The SMILES string of the molecule is O=C(CCc1ccc(F)cc1)c1cc(F)ccc1OCC(O)CN1CCN(c2ccccc2)CC1. The molecule has 0 bridgehead atoms. The quantitative estimate of drug-likeness (QED) is 0.438. The number of aliphatic hydroxyl groups excluding tert-OH is 1. The second kappa shape index (κ2) is 11.9. The molecule has 1 heterocycles. The molecule has 0 aliphatic carbocycles. The molecule has 7 heteroatoms. The van der Waals surface area contributed by atoms with Crippen LogP contribution in [0.25, 0.3) is 0 Å². The van der Waals surface area contributed by atoms with Gasteiger partial charge in [-0.05, 0) is 54.4 Å². The van der Waals surface area contributed by atoms with Crippen molar-refractivity contribution in [3.05, 3.63) is 95.6 Å². The molecule has 184 valence electrons. The molecule has 5 nitrogen and oxygen atoms in total. The van der Waals surface area contributed by atoms with Crippen molar-refractivity contribution in [2.24, 2.45) is 0 Å². The van der Waals surface area contributed by atoms with Gasteiger partial charge in [-0.2, -0.15) is 0 Å². The van der Waals surface area contributed by atoms with Crippen molar-refractivity contribution < 1.29 is 23.4 Å². The number of para-hydroxylation sites is 1. The minimum Gasteiger partial charge on any atom is -0.490 e. The Kier molecular flexibility index (Phi) is 8.45. The van der Waals surface area contributed by atoms with Crippen LogP contribution in [0.15, 0.2) is 72.8 Å². The number of nitrogens with zero attached hydrogens (tertiary/aromatic N) is 2. The molecule has 0 amide bonds. The standard InChI is InChI=1S/C28H30F2N2O3/c29-22-9-6-21(7-10-22)8-12-27(34)26-18-23(30)11-13-28(26)35-20-25(33)19-31-14-16-32(17-15-31)24-4-2-1-3-5-24/h1-7,9-11,13,18,25,33H,8,12,14-17,19-20H2. The smallest absolute Gasteiger partial charge is 0.167 e. The zero-order valence-corrected chi connectivity index (χ0v) is 19.6. The average molecular weight is 481 g/mol. The topological polar surface area (TPSA) is 53.0 Å². The van der Waals surface area contributed by atoms with Crippen LogP contribution in [0.3, 0.4) is 0 Å². The molecule has 0 spiro atoms. The summed E-state index contributed by atoms with van der Waals surface area (Å²) in [5, 5.41) is 10.5. The molecule has 3 aromatic carbocycles. The van der Waals surface area contributed by atoms with Gasteiger partial charge in [0.25, 0.3) is 0 Å². The maximum atomic E-state index is 13.9. The number of β-amino-alcohol motifs (C(OH)–C–C–N with tert-alkyl or cyclic N) is 1. The maximum Gasteiger partial charge on any atom is 0.167 e. The van der Waals surface area contributed by atoms with Gasteiger partial charge in [0.1, 0.15) is 30.1 Å². The summed E-state index contributed by atoms with van der Waals surface area (Å²) >= 11 is 0. The van der Waals surface area contributed by atoms with Crippen LogP contribution in [0.1, 0.15) is 22.3 Å². The van der Waals surface area contributed by atoms with Crippen LogP contribution in [0.4, 0.5) is 14.5 Å². The van der Waals surface area contributed by atoms with Gasteiger partial charge in [0, 0.05) is 44.8 Å². The highest BCUT2D eigenvalue weighted by Crippen LogP contribution is 2.23. The number of halogens is 2. The normalized spacial score (nSPS) is 15.1. The van der Waals surface area contributed by atoms with Gasteiger partial charge in [0.05, 0.1) is 5.56 Å². The number of ketones is 1. The highest BCUT2D eigenvalue weighted by atomic mass is 19.1. The number of ether oxygens (including phenoxy) is 1. The highest BCUT2D eigenvalue weighted by Gasteiger charge is 2.21. The molecule has 1 fully saturated rings. The fraction of sp³-hybridized carbons (Fsp3) is 0.321. The summed E-state index contributed by atoms with van der Waals surface area (Å²) in [5.74, 6) is -0.879. The Morgan fingerprint density at radius 1 is 0.914 bits per heavy atom. The summed E-state index contributed by atoms with van der Waals surface area (Å²) in [5.41, 5.74) is 2.17. The summed E-state index contributed by atoms with van der Waals surface area (Å²) in [4.78, 5) is 17.3. The van der Waals surface area contributed by atoms with Gasteiger partial charge in [-0.25, -0.2) is 8.78 Å². The maximum absolute atomic E-state index is 13.9. The van der Waals surface area contributed by atoms with Gasteiger partial charge < -0.3 is 14.7 Å². The fourth-order valence-corrected chi connectivity index (χ4v) is 4.25. The number of aryl methyl sites for hydroxylation is 1. The van der Waals surface area contributed by atoms with E-state index in [1.54, 1.807) is 12.1 Å². The van der Waals surface area contributed by atoms with Gasteiger partial charge in [-0.1, -0.05) is 30.3 Å². The summed E-state index contributed by atoms with van der Waals surface area (Å²) in [7, 11) is 0. The predicted molar refractivity (Wildman–Crippen MR) is 132 cm³/mol. The van der Waals surface area contributed by atoms with Gasteiger partial charge in [-0.3, -0.25) is 9.69 Å². The zero-order chi connectivity index (χ0) is 24.6. The summed E-state index contributed by atoms with van der Waals surface area (Å²) in [6.07, 6.45) is -0.197. The Labute approximate surface area is 204 Å². The number of carbonyl (C=O) groups is 1. The van der Waals surface area contributed by atoms with E-state index >= 15 is 0 Å². The van der Waals surface area contributed by atoms with Crippen molar-refractivity contribution in [2.45, 2.75) is 18.9 Å². The zero-order valence-electron chi connectivity index (χ0n) is 19.6. The van der Waals surface area contributed by atoms with Crippen LogP contribution in [0.5, 0.6) is 5.75 Å². The number of carbonyl (C=O) groups excluding carboxylic acids is 1. The van der Waals surface area contributed by atoms with Crippen LogP contribution in [-0.2, 0) is 6.42 Å². The van der Waals surface area contributed by atoms with E-state index in [4.69, 9.17) is 4.74 Å². The first-order valence-electron chi connectivity index (χ1n) is 11.9. The Morgan fingerprint density at radius 2 is 1.60 bits per heavy atom. The van der Waals surface area contributed by atoms with Gasteiger partial charge in [0.2, 0.25) is 0 Å². The minimum absolute atomic E-state index is 0.00275. The van der Waals surface area contributed by atoms with Crippen molar-refractivity contribution in [3.63, 3.8) is 0 Å². The number of aliphatic hydroxyl groups is 1. The van der Waals surface area contributed by atoms with Crippen LogP contribution >= 0.6 is 0 Å². The first kappa shape index (κ1) is 24.8. The largest absolute Gasteiger partial charge is 0.490 e. The molecular weight excluding hydrogens is 450 g/mol. The first-order chi connectivity index (χ1) is 17.0. The fourth-order valence-electron chi connectivity index (χ4n) is 4.25.